The zero-order valence-corrected chi connectivity index (χ0v) is 20.7. The van der Waals surface area contributed by atoms with Crippen LogP contribution in [0.3, 0.4) is 0 Å². The molecule has 0 spiro atoms. The fourth-order valence-corrected chi connectivity index (χ4v) is 3.94. The third-order valence-corrected chi connectivity index (χ3v) is 5.75. The molecule has 0 aliphatic carbocycles. The molecule has 2 aromatic carbocycles. The maximum Gasteiger partial charge on any atom is 0.408 e. The van der Waals surface area contributed by atoms with Crippen LogP contribution >= 0.6 is 0 Å². The molecule has 0 bridgehead atoms. The monoisotopic (exact) mass is 496 g/mol. The second-order valence-corrected chi connectivity index (χ2v) is 9.02. The van der Waals surface area contributed by atoms with Crippen molar-refractivity contribution in [2.75, 3.05) is 20.2 Å². The van der Waals surface area contributed by atoms with E-state index >= 15 is 0 Å². The Morgan fingerprint density at radius 1 is 1.14 bits per heavy atom. The molecule has 1 saturated heterocycles. The van der Waals surface area contributed by atoms with Crippen molar-refractivity contribution in [1.82, 2.24) is 10.2 Å². The molecule has 2 amide bonds. The number of aliphatic hydroxyl groups is 1. The van der Waals surface area contributed by atoms with Crippen molar-refractivity contribution in [3.8, 4) is 5.75 Å². The lowest BCUT2D eigenvalue weighted by Crippen LogP contribution is -2.49. The lowest BCUT2D eigenvalue weighted by molar-refractivity contribution is -0.133. The minimum Gasteiger partial charge on any atom is -0.497 e. The predicted octanol–water partition coefficient (Wildman–Crippen LogP) is 2.80. The van der Waals surface area contributed by atoms with Crippen LogP contribution in [0.15, 0.2) is 54.6 Å². The second kappa shape index (κ2) is 12.8. The Kier molecular flexibility index (Phi) is 9.50. The normalized spacial score (nSPS) is 17.8. The Bertz CT molecular complexity index is 1080. The first-order chi connectivity index (χ1) is 17.3. The van der Waals surface area contributed by atoms with Crippen LogP contribution in [0.2, 0.25) is 0 Å². The van der Waals surface area contributed by atoms with E-state index in [0.29, 0.717) is 17.7 Å². The second-order valence-electron chi connectivity index (χ2n) is 9.02. The molecule has 0 aromatic heterocycles. The highest BCUT2D eigenvalue weighted by molar-refractivity contribution is 5.86. The lowest BCUT2D eigenvalue weighted by Gasteiger charge is -2.25. The summed E-state index contributed by atoms with van der Waals surface area (Å²) in [5.74, 6) is 1.97. The van der Waals surface area contributed by atoms with E-state index in [1.807, 2.05) is 44.2 Å². The molecule has 2 N–H and O–H groups in total. The van der Waals surface area contributed by atoms with Crippen LogP contribution in [-0.4, -0.2) is 66.4 Å². The van der Waals surface area contributed by atoms with Crippen LogP contribution < -0.4 is 10.1 Å². The van der Waals surface area contributed by atoms with Gasteiger partial charge in [-0.3, -0.25) is 4.79 Å². The van der Waals surface area contributed by atoms with Crippen molar-refractivity contribution in [3.05, 3.63) is 65.7 Å². The first-order valence-electron chi connectivity index (χ1n) is 11.8. The smallest absolute Gasteiger partial charge is 0.408 e. The van der Waals surface area contributed by atoms with Gasteiger partial charge < -0.3 is 29.5 Å². The number of methoxy groups -OCH3 is 1. The molecule has 9 heteroatoms. The van der Waals surface area contributed by atoms with Crippen LogP contribution in [0.4, 0.5) is 4.79 Å². The maximum atomic E-state index is 13.3. The highest BCUT2D eigenvalue weighted by atomic mass is 16.5. The highest BCUT2D eigenvalue weighted by Crippen LogP contribution is 2.24. The first-order valence-corrected chi connectivity index (χ1v) is 11.8. The first kappa shape index (κ1) is 26.8. The summed E-state index contributed by atoms with van der Waals surface area (Å²) in [5, 5.41) is 13.2. The van der Waals surface area contributed by atoms with Gasteiger partial charge in [-0.25, -0.2) is 9.59 Å². The van der Waals surface area contributed by atoms with E-state index in [2.05, 4.69) is 5.32 Å². The molecule has 9 nitrogen and oxygen atoms in total. The van der Waals surface area contributed by atoms with Gasteiger partial charge in [-0.15, -0.1) is 0 Å². The zero-order valence-electron chi connectivity index (χ0n) is 20.7. The number of carbonyl (C=O) groups is 2. The molecule has 1 aliphatic heterocycles. The van der Waals surface area contributed by atoms with E-state index < -0.39 is 24.3 Å². The maximum absolute atomic E-state index is 13.3. The molecule has 1 fully saturated rings. The Balaban J connectivity index is 1.63. The molecule has 3 atom stereocenters. The number of aliphatic hydroxyl groups excluding tert-OH is 1. The van der Waals surface area contributed by atoms with Crippen LogP contribution in [0.1, 0.15) is 31.4 Å². The lowest BCUT2D eigenvalue weighted by atomic mass is 10.0. The van der Waals surface area contributed by atoms with Crippen LogP contribution in [0.5, 0.6) is 5.75 Å². The van der Waals surface area contributed by atoms with Crippen LogP contribution in [0, 0.1) is 5.92 Å². The molecule has 1 heterocycles. The van der Waals surface area contributed by atoms with Crippen molar-refractivity contribution in [1.29, 1.82) is 0 Å². The Labute approximate surface area is 210 Å². The topological polar surface area (TPSA) is 114 Å². The molecule has 1 aliphatic rings. The average Bonchev–Trinajstić information content (AvgIpc) is 3.25. The number of likely N-dealkylation sites (tertiary alicyclic amines) is 1. The Morgan fingerprint density at radius 3 is 2.56 bits per heavy atom. The van der Waals surface area contributed by atoms with Crippen molar-refractivity contribution in [2.45, 2.75) is 45.1 Å². The van der Waals surface area contributed by atoms with Gasteiger partial charge >= 0.3 is 6.09 Å². The van der Waals surface area contributed by atoms with E-state index in [1.165, 1.54) is 12.0 Å². The Morgan fingerprint density at radius 2 is 1.89 bits per heavy atom. The van der Waals surface area contributed by atoms with Gasteiger partial charge in [0, 0.05) is 5.56 Å². The van der Waals surface area contributed by atoms with Gasteiger partial charge in [-0.05, 0) is 30.0 Å². The fourth-order valence-electron chi connectivity index (χ4n) is 3.94. The molecule has 0 radical (unpaired) electrons. The summed E-state index contributed by atoms with van der Waals surface area (Å²) in [6, 6.07) is 15.1. The van der Waals surface area contributed by atoms with E-state index in [-0.39, 0.29) is 37.3 Å². The number of hydrogen-bond acceptors (Lipinski definition) is 7. The largest absolute Gasteiger partial charge is 0.497 e. The number of ether oxygens (including phenoxy) is 3. The summed E-state index contributed by atoms with van der Waals surface area (Å²) in [6.07, 6.45) is -2.16. The highest BCUT2D eigenvalue weighted by Gasteiger charge is 2.39. The van der Waals surface area contributed by atoms with Crippen molar-refractivity contribution < 1.29 is 33.7 Å². The van der Waals surface area contributed by atoms with Crippen LogP contribution in [0.25, 0.3) is 5.76 Å². The van der Waals surface area contributed by atoms with Gasteiger partial charge in [-0.2, -0.15) is 0 Å². The van der Waals surface area contributed by atoms with Gasteiger partial charge in [0.25, 0.3) is 0 Å². The summed E-state index contributed by atoms with van der Waals surface area (Å²) in [4.78, 5) is 38.7. The van der Waals surface area contributed by atoms with Crippen molar-refractivity contribution in [3.63, 3.8) is 0 Å². The fraction of sp³-hybridized carbons (Fsp3) is 0.407. The van der Waals surface area contributed by atoms with Gasteiger partial charge in [0.15, 0.2) is 5.94 Å². The number of nitrogens with one attached hydrogen (secondary N) is 1. The molecule has 192 valence electrons. The minimum absolute atomic E-state index is 0.00306. The average molecular weight is 497 g/mol. The predicted molar refractivity (Wildman–Crippen MR) is 133 cm³/mol. The summed E-state index contributed by atoms with van der Waals surface area (Å²) in [5.41, 5.74) is 1.28. The Hall–Kier alpha value is -3.81. The molecular formula is C27H32N2O7. The number of rotatable bonds is 10. The number of hydrogen-bond donors (Lipinski definition) is 2. The van der Waals surface area contributed by atoms with Gasteiger partial charge in [0.05, 0.1) is 20.2 Å². The standard InChI is InChI=1S/C27H32N2O7/c1-18(2)12-22(28-27(33)35-17-19-8-5-4-6-9-19)26(32)29-14-23(31)24(15-29)36-25(16-30)20-10-7-11-21(13-20)34-3/h4-11,13,18,22-24,31H,12,14-15,17H2,1-3H3,(H,28,33)/t22-,23?,24?/m0/s1. The quantitative estimate of drug-likeness (QED) is 0.384. The number of amides is 2. The SMILES string of the molecule is COc1cccc(C(=C=O)OC2CN(C(=O)[C@H](CC(C)C)NC(=O)OCc3ccccc3)CC2O)c1. The number of benzene rings is 2. The van der Waals surface area contributed by atoms with E-state index in [4.69, 9.17) is 14.2 Å². The summed E-state index contributed by atoms with van der Waals surface area (Å²) in [6.45, 7) is 4.01. The third kappa shape index (κ3) is 7.34. The van der Waals surface area contributed by atoms with E-state index in [9.17, 15) is 19.5 Å². The number of alkyl carbamates (subject to hydrolysis) is 1. The summed E-state index contributed by atoms with van der Waals surface area (Å²) in [7, 11) is 1.51. The van der Waals surface area contributed by atoms with Crippen molar-refractivity contribution >= 4 is 23.7 Å². The molecule has 36 heavy (non-hydrogen) atoms. The van der Waals surface area contributed by atoms with Gasteiger partial charge in [0.1, 0.15) is 30.6 Å². The third-order valence-electron chi connectivity index (χ3n) is 5.75. The molecule has 2 unspecified atom stereocenters. The number of nitrogens with zero attached hydrogens (tertiary/aromatic N) is 1. The summed E-state index contributed by atoms with van der Waals surface area (Å²) < 4.78 is 16.2. The van der Waals surface area contributed by atoms with Gasteiger partial charge in [0.2, 0.25) is 11.7 Å². The molecule has 2 aromatic rings. The minimum atomic E-state index is -1.02. The molecular weight excluding hydrogens is 464 g/mol. The summed E-state index contributed by atoms with van der Waals surface area (Å²) >= 11 is 0. The van der Waals surface area contributed by atoms with Crippen LogP contribution in [-0.2, 0) is 25.7 Å². The van der Waals surface area contributed by atoms with Crippen molar-refractivity contribution in [2.24, 2.45) is 5.92 Å². The van der Waals surface area contributed by atoms with Gasteiger partial charge in [-0.1, -0.05) is 56.3 Å². The number of carbonyl (C=O) groups excluding carboxylic acids is 3. The molecule has 0 saturated carbocycles. The zero-order chi connectivity index (χ0) is 26.1. The van der Waals surface area contributed by atoms with E-state index in [0.717, 1.165) is 5.56 Å². The molecule has 3 rings (SSSR count). The van der Waals surface area contributed by atoms with E-state index in [1.54, 1.807) is 30.2 Å². The number of β-amino-alcohol motifs (C(OH)–C–C–N with tert-alkyl or cyclic N) is 1.